The zero-order chi connectivity index (χ0) is 14.7. The third-order valence-electron chi connectivity index (χ3n) is 4.00. The van der Waals surface area contributed by atoms with Crippen LogP contribution < -0.4 is 5.73 Å². The maximum Gasteiger partial charge on any atom is 0.0589 e. The number of rotatable bonds is 12. The molecule has 2 N–H and O–H groups in total. The molecule has 0 saturated carbocycles. The second-order valence-electron chi connectivity index (χ2n) is 6.02. The van der Waals surface area contributed by atoms with E-state index < -0.39 is 0 Å². The van der Waals surface area contributed by atoms with Crippen LogP contribution in [0.2, 0.25) is 0 Å². The van der Waals surface area contributed by atoms with E-state index in [1.807, 2.05) is 0 Å². The second kappa shape index (κ2) is 11.7. The van der Waals surface area contributed by atoms with Crippen LogP contribution >= 0.6 is 0 Å². The van der Waals surface area contributed by atoms with E-state index in [0.717, 1.165) is 32.2 Å². The highest BCUT2D eigenvalue weighted by Crippen LogP contribution is 2.17. The minimum Gasteiger partial charge on any atom is -0.383 e. The van der Waals surface area contributed by atoms with Gasteiger partial charge in [0.2, 0.25) is 0 Å². The summed E-state index contributed by atoms with van der Waals surface area (Å²) in [6.07, 6.45) is 4.90. The Labute approximate surface area is 120 Å². The monoisotopic (exact) mass is 272 g/mol. The number of nitrogens with zero attached hydrogens (tertiary/aromatic N) is 1. The van der Waals surface area contributed by atoms with Crippen molar-refractivity contribution in [2.24, 2.45) is 17.6 Å². The maximum absolute atomic E-state index is 5.91. The van der Waals surface area contributed by atoms with E-state index >= 15 is 0 Å². The smallest absolute Gasteiger partial charge is 0.0589 e. The zero-order valence-electron chi connectivity index (χ0n) is 13.8. The van der Waals surface area contributed by atoms with Gasteiger partial charge >= 0.3 is 0 Å². The molecule has 0 aromatic carbocycles. The van der Waals surface area contributed by atoms with E-state index in [9.17, 15) is 0 Å². The molecule has 3 nitrogen and oxygen atoms in total. The van der Waals surface area contributed by atoms with E-state index in [0.29, 0.717) is 12.0 Å². The molecular weight excluding hydrogens is 236 g/mol. The highest BCUT2D eigenvalue weighted by molar-refractivity contribution is 4.72. The number of methoxy groups -OCH3 is 1. The van der Waals surface area contributed by atoms with E-state index in [-0.39, 0.29) is 0 Å². The second-order valence-corrected chi connectivity index (χ2v) is 6.02. The van der Waals surface area contributed by atoms with Crippen molar-refractivity contribution in [2.45, 2.75) is 59.4 Å². The summed E-state index contributed by atoms with van der Waals surface area (Å²) in [5.41, 5.74) is 5.91. The maximum atomic E-state index is 5.91. The predicted octanol–water partition coefficient (Wildman–Crippen LogP) is 3.13. The molecule has 0 aliphatic carbocycles. The quantitative estimate of drug-likeness (QED) is 0.593. The van der Waals surface area contributed by atoms with Crippen molar-refractivity contribution in [1.82, 2.24) is 4.90 Å². The van der Waals surface area contributed by atoms with E-state index in [2.05, 4.69) is 32.6 Å². The Balaban J connectivity index is 4.28. The summed E-state index contributed by atoms with van der Waals surface area (Å²) in [5, 5.41) is 0. The van der Waals surface area contributed by atoms with Gasteiger partial charge in [-0.05, 0) is 50.6 Å². The summed E-state index contributed by atoms with van der Waals surface area (Å²) in [6, 6.07) is 0.688. The molecule has 116 valence electrons. The van der Waals surface area contributed by atoms with Gasteiger partial charge in [-0.15, -0.1) is 0 Å². The topological polar surface area (TPSA) is 38.5 Å². The van der Waals surface area contributed by atoms with Crippen molar-refractivity contribution < 1.29 is 4.74 Å². The molecule has 0 spiro atoms. The molecule has 0 rings (SSSR count). The summed E-state index contributed by atoms with van der Waals surface area (Å²) in [7, 11) is 1.78. The summed E-state index contributed by atoms with van der Waals surface area (Å²) < 4.78 is 5.24. The van der Waals surface area contributed by atoms with E-state index in [1.165, 1.54) is 25.7 Å². The van der Waals surface area contributed by atoms with Crippen LogP contribution in [0.1, 0.15) is 53.4 Å². The van der Waals surface area contributed by atoms with Gasteiger partial charge in [0.15, 0.2) is 0 Å². The first-order chi connectivity index (χ1) is 9.08. The Hall–Kier alpha value is -0.120. The lowest BCUT2D eigenvalue weighted by Crippen LogP contribution is -2.39. The van der Waals surface area contributed by atoms with Crippen LogP contribution in [0.5, 0.6) is 0 Å². The Bertz CT molecular complexity index is 193. The highest BCUT2D eigenvalue weighted by atomic mass is 16.5. The average molecular weight is 272 g/mol. The predicted molar refractivity (Wildman–Crippen MR) is 84.4 cm³/mol. The van der Waals surface area contributed by atoms with Crippen molar-refractivity contribution >= 4 is 0 Å². The molecule has 19 heavy (non-hydrogen) atoms. The van der Waals surface area contributed by atoms with Crippen molar-refractivity contribution in [1.29, 1.82) is 0 Å². The third kappa shape index (κ3) is 8.61. The van der Waals surface area contributed by atoms with Gasteiger partial charge in [-0.2, -0.15) is 0 Å². The van der Waals surface area contributed by atoms with Gasteiger partial charge in [0.1, 0.15) is 0 Å². The van der Waals surface area contributed by atoms with Gasteiger partial charge in [0.05, 0.1) is 6.61 Å². The van der Waals surface area contributed by atoms with Crippen LogP contribution in [0.25, 0.3) is 0 Å². The van der Waals surface area contributed by atoms with E-state index in [4.69, 9.17) is 10.5 Å². The van der Waals surface area contributed by atoms with Gasteiger partial charge < -0.3 is 10.5 Å². The van der Waals surface area contributed by atoms with Crippen molar-refractivity contribution in [3.05, 3.63) is 0 Å². The first-order valence-electron chi connectivity index (χ1n) is 8.01. The normalized spacial score (nSPS) is 13.7. The SMILES string of the molecule is CCC(CC)N(CCOC)CCC(CN)CC(C)C. The Morgan fingerprint density at radius 3 is 2.16 bits per heavy atom. The first kappa shape index (κ1) is 18.9. The summed E-state index contributed by atoms with van der Waals surface area (Å²) in [4.78, 5) is 2.59. The Morgan fingerprint density at radius 1 is 1.11 bits per heavy atom. The number of hydrogen-bond donors (Lipinski definition) is 1. The van der Waals surface area contributed by atoms with Crippen LogP contribution in [0, 0.1) is 11.8 Å². The van der Waals surface area contributed by atoms with Crippen LogP contribution in [0.15, 0.2) is 0 Å². The minimum absolute atomic E-state index is 0.666. The van der Waals surface area contributed by atoms with Crippen LogP contribution in [-0.4, -0.2) is 44.3 Å². The van der Waals surface area contributed by atoms with Crippen molar-refractivity contribution in [3.8, 4) is 0 Å². The molecule has 3 heteroatoms. The van der Waals surface area contributed by atoms with Gasteiger partial charge in [-0.3, -0.25) is 4.90 Å². The average Bonchev–Trinajstić information content (AvgIpc) is 2.40. The fraction of sp³-hybridized carbons (Fsp3) is 1.00. The largest absolute Gasteiger partial charge is 0.383 e. The minimum atomic E-state index is 0.666. The van der Waals surface area contributed by atoms with Crippen LogP contribution in [-0.2, 0) is 4.74 Å². The molecule has 1 atom stereocenters. The third-order valence-corrected chi connectivity index (χ3v) is 4.00. The number of hydrogen-bond acceptors (Lipinski definition) is 3. The summed E-state index contributed by atoms with van der Waals surface area (Å²) in [6.45, 7) is 13.0. The lowest BCUT2D eigenvalue weighted by molar-refractivity contribution is 0.109. The lowest BCUT2D eigenvalue weighted by atomic mass is 9.93. The van der Waals surface area contributed by atoms with E-state index in [1.54, 1.807) is 7.11 Å². The molecule has 0 fully saturated rings. The molecule has 0 radical (unpaired) electrons. The molecule has 0 aliphatic rings. The fourth-order valence-electron chi connectivity index (χ4n) is 2.84. The van der Waals surface area contributed by atoms with Crippen molar-refractivity contribution in [2.75, 3.05) is 33.4 Å². The van der Waals surface area contributed by atoms with Crippen molar-refractivity contribution in [3.63, 3.8) is 0 Å². The number of nitrogens with two attached hydrogens (primary N) is 1. The molecule has 0 aromatic rings. The molecule has 0 aromatic heterocycles. The fourth-order valence-corrected chi connectivity index (χ4v) is 2.84. The molecule has 0 amide bonds. The molecule has 1 unspecified atom stereocenters. The highest BCUT2D eigenvalue weighted by Gasteiger charge is 2.17. The summed E-state index contributed by atoms with van der Waals surface area (Å²) >= 11 is 0. The number of ether oxygens (including phenoxy) is 1. The molecule has 0 heterocycles. The van der Waals surface area contributed by atoms with Crippen LogP contribution in [0.4, 0.5) is 0 Å². The zero-order valence-corrected chi connectivity index (χ0v) is 13.8. The van der Waals surface area contributed by atoms with Gasteiger partial charge in [-0.1, -0.05) is 27.7 Å². The molecule has 0 bridgehead atoms. The van der Waals surface area contributed by atoms with Gasteiger partial charge in [0, 0.05) is 19.7 Å². The van der Waals surface area contributed by atoms with Gasteiger partial charge in [-0.25, -0.2) is 0 Å². The summed E-state index contributed by atoms with van der Waals surface area (Å²) in [5.74, 6) is 1.41. The van der Waals surface area contributed by atoms with Crippen LogP contribution in [0.3, 0.4) is 0 Å². The lowest BCUT2D eigenvalue weighted by Gasteiger charge is -2.31. The Morgan fingerprint density at radius 2 is 1.74 bits per heavy atom. The molecular formula is C16H36N2O. The molecule has 0 saturated heterocycles. The van der Waals surface area contributed by atoms with Gasteiger partial charge in [0.25, 0.3) is 0 Å². The molecule has 0 aliphatic heterocycles. The standard InChI is InChI=1S/C16H36N2O/c1-6-16(7-2)18(10-11-19-5)9-8-15(13-17)12-14(3)4/h14-16H,6-13,17H2,1-5H3. The first-order valence-corrected chi connectivity index (χ1v) is 8.01. The Kier molecular flexibility index (Phi) is 11.6.